The summed E-state index contributed by atoms with van der Waals surface area (Å²) in [5.74, 6) is -1.28. The molecule has 0 spiro atoms. The first kappa shape index (κ1) is 23.9. The van der Waals surface area contributed by atoms with Gasteiger partial charge in [-0.25, -0.2) is 9.97 Å². The monoisotopic (exact) mass is 487 g/mol. The predicted octanol–water partition coefficient (Wildman–Crippen LogP) is 3.28. The fourth-order valence-corrected chi connectivity index (χ4v) is 3.20. The molecule has 0 radical (unpaired) electrons. The first-order chi connectivity index (χ1) is 16.6. The van der Waals surface area contributed by atoms with E-state index < -0.39 is 34.7 Å². The lowest BCUT2D eigenvalue weighted by Crippen LogP contribution is -2.48. The summed E-state index contributed by atoms with van der Waals surface area (Å²) in [4.78, 5) is 37.1. The minimum Gasteiger partial charge on any atom is -0.508 e. The van der Waals surface area contributed by atoms with Gasteiger partial charge < -0.3 is 20.5 Å². The maximum absolute atomic E-state index is 13.2. The fraction of sp³-hybridized carbons (Fsp3) is 0.261. The van der Waals surface area contributed by atoms with Crippen LogP contribution < -0.4 is 15.4 Å². The highest BCUT2D eigenvalue weighted by molar-refractivity contribution is 6.00. The van der Waals surface area contributed by atoms with Crippen LogP contribution in [0.3, 0.4) is 0 Å². The summed E-state index contributed by atoms with van der Waals surface area (Å²) >= 11 is 0. The number of amides is 2. The summed E-state index contributed by atoms with van der Waals surface area (Å²) in [5, 5.41) is 14.8. The minimum absolute atomic E-state index is 0.0391. The first-order valence-corrected chi connectivity index (χ1v) is 10.5. The van der Waals surface area contributed by atoms with Crippen LogP contribution in [0.2, 0.25) is 0 Å². The van der Waals surface area contributed by atoms with E-state index in [1.54, 1.807) is 6.92 Å². The number of alkyl halides is 3. The second-order valence-electron chi connectivity index (χ2n) is 8.00. The van der Waals surface area contributed by atoms with E-state index in [2.05, 4.69) is 25.6 Å². The van der Waals surface area contributed by atoms with Gasteiger partial charge in [0, 0.05) is 12.4 Å². The standard InChI is InChI=1S/C23H20F3N5O4/c1-13-27-9-14(10-28-13)20(33)31-22(6-7-22)21(34)30-11-15-2-4-17(12-29-15)35-19-5-3-16(32)8-18(19)23(24,25)26/h2-5,8-10,12,32H,6-7,11H2,1H3,(H,30,34)(H,31,33). The average Bonchev–Trinajstić information content (AvgIpc) is 3.60. The number of pyridine rings is 1. The SMILES string of the molecule is Cc1ncc(C(=O)NC2(C(=O)NCc3ccc(Oc4ccc(O)cc4C(F)(F)F)cn3)CC2)cn1. The van der Waals surface area contributed by atoms with Gasteiger partial charge in [-0.1, -0.05) is 0 Å². The summed E-state index contributed by atoms with van der Waals surface area (Å²) in [7, 11) is 0. The van der Waals surface area contributed by atoms with Gasteiger partial charge in [-0.05, 0) is 50.1 Å². The highest BCUT2D eigenvalue weighted by Crippen LogP contribution is 2.40. The zero-order valence-corrected chi connectivity index (χ0v) is 18.4. The van der Waals surface area contributed by atoms with E-state index in [-0.39, 0.29) is 23.8 Å². The third kappa shape index (κ3) is 5.65. The number of carbonyl (C=O) groups excluding carboxylic acids is 2. The molecule has 182 valence electrons. The van der Waals surface area contributed by atoms with Gasteiger partial charge in [-0.15, -0.1) is 0 Å². The van der Waals surface area contributed by atoms with Gasteiger partial charge in [0.2, 0.25) is 5.91 Å². The normalized spacial score (nSPS) is 14.2. The Bertz CT molecular complexity index is 1240. The summed E-state index contributed by atoms with van der Waals surface area (Å²) in [6, 6.07) is 5.57. The van der Waals surface area contributed by atoms with Crippen molar-refractivity contribution in [3.63, 3.8) is 0 Å². The van der Waals surface area contributed by atoms with Crippen molar-refractivity contribution in [3.8, 4) is 17.2 Å². The van der Waals surface area contributed by atoms with Crippen LogP contribution in [0.1, 0.15) is 40.3 Å². The van der Waals surface area contributed by atoms with Gasteiger partial charge >= 0.3 is 6.18 Å². The molecule has 0 bridgehead atoms. The highest BCUT2D eigenvalue weighted by Gasteiger charge is 2.51. The maximum atomic E-state index is 13.2. The Morgan fingerprint density at radius 2 is 1.80 bits per heavy atom. The van der Waals surface area contributed by atoms with E-state index in [9.17, 15) is 27.9 Å². The molecular weight excluding hydrogens is 467 g/mol. The molecular formula is C23H20F3N5O4. The lowest BCUT2D eigenvalue weighted by Gasteiger charge is -2.17. The largest absolute Gasteiger partial charge is 0.508 e. The van der Waals surface area contributed by atoms with Gasteiger partial charge in [0.15, 0.2) is 0 Å². The summed E-state index contributed by atoms with van der Waals surface area (Å²) < 4.78 is 44.8. The number of aromatic nitrogens is 3. The molecule has 1 fully saturated rings. The van der Waals surface area contributed by atoms with Crippen LogP contribution >= 0.6 is 0 Å². The molecule has 0 aliphatic heterocycles. The molecule has 12 heteroatoms. The number of nitrogens with zero attached hydrogens (tertiary/aromatic N) is 3. The van der Waals surface area contributed by atoms with Crippen LogP contribution in [-0.2, 0) is 17.5 Å². The van der Waals surface area contributed by atoms with Crippen LogP contribution in [0.15, 0.2) is 48.9 Å². The van der Waals surface area contributed by atoms with Gasteiger partial charge in [0.25, 0.3) is 5.91 Å². The van der Waals surface area contributed by atoms with E-state index >= 15 is 0 Å². The Hall–Kier alpha value is -4.22. The van der Waals surface area contributed by atoms with Crippen molar-refractivity contribution in [2.75, 3.05) is 0 Å². The fourth-order valence-electron chi connectivity index (χ4n) is 3.20. The molecule has 2 amide bonds. The van der Waals surface area contributed by atoms with Crippen LogP contribution in [0, 0.1) is 6.92 Å². The Balaban J connectivity index is 1.34. The molecule has 1 saturated carbocycles. The molecule has 2 aromatic heterocycles. The Morgan fingerprint density at radius 1 is 1.09 bits per heavy atom. The van der Waals surface area contributed by atoms with Gasteiger partial charge in [-0.2, -0.15) is 13.2 Å². The van der Waals surface area contributed by atoms with Gasteiger partial charge in [0.05, 0.1) is 24.0 Å². The third-order valence-corrected chi connectivity index (χ3v) is 5.30. The quantitative estimate of drug-likeness (QED) is 0.467. The van der Waals surface area contributed by atoms with Crippen LogP contribution in [0.25, 0.3) is 0 Å². The topological polar surface area (TPSA) is 126 Å². The molecule has 1 aromatic carbocycles. The van der Waals surface area contributed by atoms with E-state index in [4.69, 9.17) is 4.74 Å². The number of halogens is 3. The lowest BCUT2D eigenvalue weighted by atomic mass is 10.2. The number of hydrogen-bond acceptors (Lipinski definition) is 7. The van der Waals surface area contributed by atoms with Crippen molar-refractivity contribution < 1.29 is 32.6 Å². The molecule has 1 aliphatic rings. The Morgan fingerprint density at radius 3 is 2.40 bits per heavy atom. The average molecular weight is 487 g/mol. The second kappa shape index (κ2) is 9.20. The molecule has 0 unspecified atom stereocenters. The third-order valence-electron chi connectivity index (χ3n) is 5.30. The van der Waals surface area contributed by atoms with E-state index in [0.29, 0.717) is 30.4 Å². The van der Waals surface area contributed by atoms with Crippen molar-refractivity contribution in [2.45, 2.75) is 38.0 Å². The predicted molar refractivity (Wildman–Crippen MR) is 115 cm³/mol. The molecule has 0 saturated heterocycles. The number of rotatable bonds is 7. The number of ether oxygens (including phenoxy) is 1. The summed E-state index contributed by atoms with van der Waals surface area (Å²) in [6.45, 7) is 1.73. The van der Waals surface area contributed by atoms with Crippen LogP contribution in [0.5, 0.6) is 17.2 Å². The van der Waals surface area contributed by atoms with Crippen LogP contribution in [0.4, 0.5) is 13.2 Å². The Labute approximate surface area is 197 Å². The molecule has 3 aromatic rings. The van der Waals surface area contributed by atoms with Crippen molar-refractivity contribution in [3.05, 3.63) is 71.6 Å². The zero-order chi connectivity index (χ0) is 25.2. The van der Waals surface area contributed by atoms with Crippen molar-refractivity contribution in [2.24, 2.45) is 0 Å². The number of phenols is 1. The summed E-state index contributed by atoms with van der Waals surface area (Å²) in [5.41, 5.74) is -1.46. The number of carbonyl (C=O) groups is 2. The van der Waals surface area contributed by atoms with E-state index in [1.165, 1.54) is 30.7 Å². The molecule has 3 N–H and O–H groups in total. The van der Waals surface area contributed by atoms with Gasteiger partial charge in [0.1, 0.15) is 34.2 Å². The lowest BCUT2D eigenvalue weighted by molar-refractivity contribution is -0.138. The number of benzene rings is 1. The van der Waals surface area contributed by atoms with Crippen LogP contribution in [-0.4, -0.2) is 37.4 Å². The summed E-state index contributed by atoms with van der Waals surface area (Å²) in [6.07, 6.45) is 0.230. The van der Waals surface area contributed by atoms with E-state index in [0.717, 1.165) is 12.1 Å². The number of aryl methyl sites for hydroxylation is 1. The molecule has 0 atom stereocenters. The minimum atomic E-state index is -4.72. The molecule has 9 nitrogen and oxygen atoms in total. The molecule has 2 heterocycles. The molecule has 1 aliphatic carbocycles. The number of nitrogens with one attached hydrogen (secondary N) is 2. The van der Waals surface area contributed by atoms with E-state index in [1.807, 2.05) is 0 Å². The smallest absolute Gasteiger partial charge is 0.420 e. The number of hydrogen-bond donors (Lipinski definition) is 3. The van der Waals surface area contributed by atoms with Crippen molar-refractivity contribution in [1.29, 1.82) is 0 Å². The second-order valence-corrected chi connectivity index (χ2v) is 8.00. The molecule has 4 rings (SSSR count). The number of aromatic hydroxyl groups is 1. The maximum Gasteiger partial charge on any atom is 0.420 e. The first-order valence-electron chi connectivity index (χ1n) is 10.5. The van der Waals surface area contributed by atoms with Crippen molar-refractivity contribution >= 4 is 11.8 Å². The highest BCUT2D eigenvalue weighted by atomic mass is 19.4. The van der Waals surface area contributed by atoms with Crippen molar-refractivity contribution in [1.82, 2.24) is 25.6 Å². The zero-order valence-electron chi connectivity index (χ0n) is 18.4. The molecule has 35 heavy (non-hydrogen) atoms. The van der Waals surface area contributed by atoms with Gasteiger partial charge in [-0.3, -0.25) is 14.6 Å². The number of phenolic OH excluding ortho intramolecular Hbond substituents is 1. The Kier molecular flexibility index (Phi) is 6.29.